The number of pyridine rings is 1. The zero-order chi connectivity index (χ0) is 16.1. The van der Waals surface area contributed by atoms with Gasteiger partial charge in [-0.1, -0.05) is 12.1 Å². The minimum absolute atomic E-state index is 0.104. The molecule has 4 rings (SSSR count). The van der Waals surface area contributed by atoms with Crippen LogP contribution in [0.2, 0.25) is 0 Å². The van der Waals surface area contributed by atoms with E-state index in [1.54, 1.807) is 6.92 Å². The van der Waals surface area contributed by atoms with Gasteiger partial charge < -0.3 is 9.30 Å². The molecule has 0 spiro atoms. The molecule has 0 saturated heterocycles. The van der Waals surface area contributed by atoms with E-state index in [1.807, 2.05) is 23.2 Å². The lowest BCUT2D eigenvalue weighted by atomic mass is 10.1. The molecule has 0 bridgehead atoms. The van der Waals surface area contributed by atoms with Gasteiger partial charge in [-0.25, -0.2) is 4.98 Å². The minimum Gasteiger partial charge on any atom is -0.309 e. The number of anilines is 1. The number of imidazole rings is 1. The monoisotopic (exact) mass is 305 g/mol. The highest BCUT2D eigenvalue weighted by Gasteiger charge is 2.29. The molecule has 1 unspecified atom stereocenters. The third-order valence-electron chi connectivity index (χ3n) is 4.61. The number of carbonyl (C=O) groups excluding carboxylic acids is 1. The van der Waals surface area contributed by atoms with Gasteiger partial charge in [0.2, 0.25) is 5.91 Å². The molecule has 1 aliphatic rings. The van der Waals surface area contributed by atoms with E-state index in [-0.39, 0.29) is 11.9 Å². The first-order valence-electron chi connectivity index (χ1n) is 7.92. The van der Waals surface area contributed by atoms with Gasteiger partial charge in [-0.2, -0.15) is 0 Å². The summed E-state index contributed by atoms with van der Waals surface area (Å²) in [6.45, 7) is 5.79. The van der Waals surface area contributed by atoms with Crippen LogP contribution in [0.1, 0.15) is 25.0 Å². The fourth-order valence-electron chi connectivity index (χ4n) is 3.56. The number of amides is 1. The van der Waals surface area contributed by atoms with Gasteiger partial charge in [-0.15, -0.1) is 0 Å². The number of benzene rings is 1. The van der Waals surface area contributed by atoms with Crippen LogP contribution in [0.4, 0.5) is 5.69 Å². The lowest BCUT2D eigenvalue weighted by Crippen LogP contribution is -2.33. The van der Waals surface area contributed by atoms with Gasteiger partial charge in [0.1, 0.15) is 5.65 Å². The lowest BCUT2D eigenvalue weighted by Gasteiger charge is -2.20. The quantitative estimate of drug-likeness (QED) is 0.689. The van der Waals surface area contributed by atoms with E-state index in [0.29, 0.717) is 0 Å². The van der Waals surface area contributed by atoms with Crippen molar-refractivity contribution < 1.29 is 4.79 Å². The van der Waals surface area contributed by atoms with Gasteiger partial charge in [0, 0.05) is 36.6 Å². The molecular weight excluding hydrogens is 286 g/mol. The van der Waals surface area contributed by atoms with Gasteiger partial charge in [0.25, 0.3) is 0 Å². The maximum atomic E-state index is 11.8. The van der Waals surface area contributed by atoms with Gasteiger partial charge in [0.05, 0.1) is 5.69 Å². The second-order valence-electron chi connectivity index (χ2n) is 6.33. The van der Waals surface area contributed by atoms with Gasteiger partial charge in [-0.3, -0.25) is 4.79 Å². The first-order chi connectivity index (χ1) is 11.0. The van der Waals surface area contributed by atoms with E-state index in [9.17, 15) is 4.79 Å². The van der Waals surface area contributed by atoms with Gasteiger partial charge in [0.15, 0.2) is 0 Å². The van der Waals surface area contributed by atoms with Crippen LogP contribution in [-0.4, -0.2) is 21.3 Å². The summed E-state index contributed by atoms with van der Waals surface area (Å²) >= 11 is 0. The van der Waals surface area contributed by atoms with Crippen molar-refractivity contribution in [2.75, 3.05) is 4.90 Å². The predicted octanol–water partition coefficient (Wildman–Crippen LogP) is 3.61. The average molecular weight is 305 g/mol. The van der Waals surface area contributed by atoms with Gasteiger partial charge >= 0.3 is 0 Å². The molecular formula is C19H19N3O. The molecule has 1 atom stereocenters. The van der Waals surface area contributed by atoms with Crippen molar-refractivity contribution in [1.29, 1.82) is 0 Å². The zero-order valence-electron chi connectivity index (χ0n) is 13.6. The Balaban J connectivity index is 1.80. The van der Waals surface area contributed by atoms with E-state index in [1.165, 1.54) is 5.56 Å². The van der Waals surface area contributed by atoms with Crippen molar-refractivity contribution in [2.45, 2.75) is 33.2 Å². The molecule has 0 radical (unpaired) electrons. The second kappa shape index (κ2) is 4.95. The molecule has 1 amide bonds. The highest BCUT2D eigenvalue weighted by atomic mass is 16.2. The fraction of sp³-hybridized carbons (Fsp3) is 0.263. The molecule has 116 valence electrons. The lowest BCUT2D eigenvalue weighted by molar-refractivity contribution is -0.116. The Bertz CT molecular complexity index is 926. The fourth-order valence-corrected chi connectivity index (χ4v) is 3.56. The van der Waals surface area contributed by atoms with Crippen molar-refractivity contribution in [3.8, 4) is 11.3 Å². The van der Waals surface area contributed by atoms with E-state index < -0.39 is 0 Å². The van der Waals surface area contributed by atoms with Crippen LogP contribution in [-0.2, 0) is 11.2 Å². The Hall–Kier alpha value is -2.62. The standard InChI is InChI=1S/C19H19N3O/c1-12-5-4-8-21-11-17(20-19(12)21)15-6-7-18-16(10-15)9-13(2)22(18)14(3)23/h4-8,10-11,13H,9H2,1-3H3. The third kappa shape index (κ3) is 2.13. The van der Waals surface area contributed by atoms with Crippen LogP contribution in [0.15, 0.2) is 42.7 Å². The number of aromatic nitrogens is 2. The first-order valence-corrected chi connectivity index (χ1v) is 7.92. The van der Waals surface area contributed by atoms with E-state index in [0.717, 1.165) is 34.6 Å². The summed E-state index contributed by atoms with van der Waals surface area (Å²) < 4.78 is 2.06. The normalized spacial score (nSPS) is 16.8. The molecule has 0 saturated carbocycles. The molecule has 4 nitrogen and oxygen atoms in total. The number of rotatable bonds is 1. The Labute approximate surface area is 135 Å². The number of carbonyl (C=O) groups is 1. The number of aryl methyl sites for hydroxylation is 1. The van der Waals surface area contributed by atoms with Crippen LogP contribution in [0, 0.1) is 6.92 Å². The second-order valence-corrected chi connectivity index (χ2v) is 6.33. The van der Waals surface area contributed by atoms with E-state index in [4.69, 9.17) is 4.98 Å². The van der Waals surface area contributed by atoms with Crippen molar-refractivity contribution in [2.24, 2.45) is 0 Å². The molecule has 23 heavy (non-hydrogen) atoms. The summed E-state index contributed by atoms with van der Waals surface area (Å²) in [4.78, 5) is 18.5. The van der Waals surface area contributed by atoms with Crippen LogP contribution in [0.3, 0.4) is 0 Å². The molecule has 4 heteroatoms. The zero-order valence-corrected chi connectivity index (χ0v) is 13.6. The molecule has 0 fully saturated rings. The number of hydrogen-bond donors (Lipinski definition) is 0. The average Bonchev–Trinajstić information content (AvgIpc) is 3.07. The van der Waals surface area contributed by atoms with E-state index >= 15 is 0 Å². The summed E-state index contributed by atoms with van der Waals surface area (Å²) in [7, 11) is 0. The molecule has 0 aliphatic carbocycles. The Morgan fingerprint density at radius 3 is 2.87 bits per heavy atom. The molecule has 3 heterocycles. The SMILES string of the molecule is CC(=O)N1c2ccc(-c3cn4cccc(C)c4n3)cc2CC1C. The molecule has 2 aromatic heterocycles. The van der Waals surface area contributed by atoms with Crippen molar-refractivity contribution in [3.63, 3.8) is 0 Å². The van der Waals surface area contributed by atoms with Crippen molar-refractivity contribution >= 4 is 17.2 Å². The van der Waals surface area contributed by atoms with Crippen LogP contribution in [0.5, 0.6) is 0 Å². The van der Waals surface area contributed by atoms with Crippen molar-refractivity contribution in [3.05, 3.63) is 53.9 Å². The van der Waals surface area contributed by atoms with Gasteiger partial charge in [-0.05, 0) is 49.6 Å². The largest absolute Gasteiger partial charge is 0.309 e. The highest BCUT2D eigenvalue weighted by molar-refractivity contribution is 5.95. The number of nitrogens with zero attached hydrogens (tertiary/aromatic N) is 3. The van der Waals surface area contributed by atoms with Crippen LogP contribution in [0.25, 0.3) is 16.9 Å². The minimum atomic E-state index is 0.104. The Morgan fingerprint density at radius 2 is 2.13 bits per heavy atom. The summed E-state index contributed by atoms with van der Waals surface area (Å²) in [5, 5.41) is 0. The Kier molecular flexibility index (Phi) is 3.01. The summed E-state index contributed by atoms with van der Waals surface area (Å²) in [5.74, 6) is 0.104. The summed E-state index contributed by atoms with van der Waals surface area (Å²) in [6.07, 6.45) is 4.98. The number of hydrogen-bond acceptors (Lipinski definition) is 2. The third-order valence-corrected chi connectivity index (χ3v) is 4.61. The molecule has 3 aromatic rings. The summed E-state index contributed by atoms with van der Waals surface area (Å²) in [6, 6.07) is 10.6. The molecule has 0 N–H and O–H groups in total. The molecule has 1 aromatic carbocycles. The smallest absolute Gasteiger partial charge is 0.224 e. The summed E-state index contributed by atoms with van der Waals surface area (Å²) in [5.41, 5.74) is 6.48. The van der Waals surface area contributed by atoms with E-state index in [2.05, 4.69) is 42.6 Å². The maximum absolute atomic E-state index is 11.8. The highest BCUT2D eigenvalue weighted by Crippen LogP contribution is 2.35. The topological polar surface area (TPSA) is 37.6 Å². The Morgan fingerprint density at radius 1 is 1.30 bits per heavy atom. The first kappa shape index (κ1) is 14.0. The maximum Gasteiger partial charge on any atom is 0.224 e. The van der Waals surface area contributed by atoms with Crippen LogP contribution < -0.4 is 4.90 Å². The van der Waals surface area contributed by atoms with Crippen LogP contribution >= 0.6 is 0 Å². The molecule has 1 aliphatic heterocycles. The predicted molar refractivity (Wildman–Crippen MR) is 91.7 cm³/mol. The number of fused-ring (bicyclic) bond motifs is 2. The van der Waals surface area contributed by atoms with Crippen molar-refractivity contribution in [1.82, 2.24) is 9.38 Å².